The molecule has 0 radical (unpaired) electrons. The largest absolute Gasteiger partial charge is 0.496 e. The van der Waals surface area contributed by atoms with Gasteiger partial charge in [-0.05, 0) is 28.8 Å². The first-order valence-corrected chi connectivity index (χ1v) is 9.89. The van der Waals surface area contributed by atoms with Gasteiger partial charge in [0.2, 0.25) is 0 Å². The summed E-state index contributed by atoms with van der Waals surface area (Å²) in [4.78, 5) is 8.92. The maximum atomic E-state index is 9.47. The van der Waals surface area contributed by atoms with Gasteiger partial charge in [-0.25, -0.2) is 9.97 Å². The highest BCUT2D eigenvalue weighted by molar-refractivity contribution is 5.85. The molecule has 6 heteroatoms. The molecule has 4 aromatic rings. The number of aromatic nitrogens is 2. The van der Waals surface area contributed by atoms with Crippen LogP contribution in [0.1, 0.15) is 16.8 Å². The summed E-state index contributed by atoms with van der Waals surface area (Å²) in [6, 6.07) is 17.9. The Morgan fingerprint density at radius 1 is 0.774 bits per heavy atom. The molecule has 0 aliphatic rings. The molecule has 0 saturated carbocycles. The summed E-state index contributed by atoms with van der Waals surface area (Å²) in [5.74, 6) is 1.96. The minimum atomic E-state index is -0.0570. The number of ether oxygens (including phenoxy) is 3. The lowest BCUT2D eigenvalue weighted by atomic mass is 9.98. The first kappa shape index (κ1) is 20.6. The molecule has 3 aromatic carbocycles. The van der Waals surface area contributed by atoms with Gasteiger partial charge < -0.3 is 19.3 Å². The predicted molar refractivity (Wildman–Crippen MR) is 120 cm³/mol. The normalized spacial score (nSPS) is 10.8. The average molecular weight is 416 g/mol. The molecule has 0 spiro atoms. The lowest BCUT2D eigenvalue weighted by Crippen LogP contribution is -1.98. The third-order valence-corrected chi connectivity index (χ3v) is 5.31. The Kier molecular flexibility index (Phi) is 6.00. The second kappa shape index (κ2) is 9.02. The summed E-state index contributed by atoms with van der Waals surface area (Å²) in [5.41, 5.74) is 5.70. The van der Waals surface area contributed by atoms with Gasteiger partial charge in [0.05, 0.1) is 39.1 Å². The van der Waals surface area contributed by atoms with E-state index in [1.54, 1.807) is 27.7 Å². The van der Waals surface area contributed by atoms with Crippen LogP contribution >= 0.6 is 0 Å². The van der Waals surface area contributed by atoms with Crippen molar-refractivity contribution in [1.82, 2.24) is 9.97 Å². The van der Waals surface area contributed by atoms with Gasteiger partial charge in [0, 0.05) is 23.4 Å². The molecule has 6 nitrogen and oxygen atoms in total. The van der Waals surface area contributed by atoms with Crippen LogP contribution in [-0.4, -0.2) is 36.4 Å². The fraction of sp³-hybridized carbons (Fsp3) is 0.200. The van der Waals surface area contributed by atoms with Crippen LogP contribution in [0.4, 0.5) is 0 Å². The molecule has 0 unspecified atom stereocenters. The highest BCUT2D eigenvalue weighted by Gasteiger charge is 2.12. The van der Waals surface area contributed by atoms with E-state index < -0.39 is 0 Å². The van der Waals surface area contributed by atoms with Crippen LogP contribution in [0.15, 0.2) is 60.9 Å². The van der Waals surface area contributed by atoms with E-state index in [1.165, 1.54) is 0 Å². The van der Waals surface area contributed by atoms with Crippen molar-refractivity contribution in [3.8, 4) is 28.4 Å². The summed E-state index contributed by atoms with van der Waals surface area (Å²) in [6.45, 7) is -0.0570. The minimum absolute atomic E-state index is 0.0570. The van der Waals surface area contributed by atoms with Crippen LogP contribution in [0.5, 0.6) is 17.2 Å². The van der Waals surface area contributed by atoms with E-state index in [1.807, 2.05) is 36.4 Å². The molecule has 158 valence electrons. The van der Waals surface area contributed by atoms with Crippen molar-refractivity contribution in [2.45, 2.75) is 13.0 Å². The van der Waals surface area contributed by atoms with Gasteiger partial charge in [0.1, 0.15) is 12.1 Å². The van der Waals surface area contributed by atoms with Crippen LogP contribution in [0, 0.1) is 0 Å². The number of methoxy groups -OCH3 is 3. The summed E-state index contributed by atoms with van der Waals surface area (Å²) >= 11 is 0. The SMILES string of the molecule is COc1cc(-c2cccc(Cc3ncnc4cc(OC)c(OC)cc34)c2)ccc1CO. The van der Waals surface area contributed by atoms with Crippen molar-refractivity contribution >= 4 is 10.9 Å². The van der Waals surface area contributed by atoms with Crippen molar-refractivity contribution in [3.05, 3.63) is 77.7 Å². The number of hydrogen-bond donors (Lipinski definition) is 1. The monoisotopic (exact) mass is 416 g/mol. The number of aliphatic hydroxyl groups is 1. The van der Waals surface area contributed by atoms with Gasteiger partial charge in [0.15, 0.2) is 11.5 Å². The number of nitrogens with zero attached hydrogens (tertiary/aromatic N) is 2. The van der Waals surface area contributed by atoms with Crippen molar-refractivity contribution in [2.24, 2.45) is 0 Å². The number of rotatable bonds is 7. The molecule has 1 aromatic heterocycles. The number of fused-ring (bicyclic) bond motifs is 1. The first-order valence-electron chi connectivity index (χ1n) is 9.89. The zero-order valence-corrected chi connectivity index (χ0v) is 17.8. The fourth-order valence-electron chi connectivity index (χ4n) is 3.69. The Labute approximate surface area is 181 Å². The lowest BCUT2D eigenvalue weighted by Gasteiger charge is -2.12. The number of aliphatic hydroxyl groups excluding tert-OH is 1. The second-order valence-corrected chi connectivity index (χ2v) is 7.11. The Bertz CT molecular complexity index is 1220. The number of benzene rings is 3. The Morgan fingerprint density at radius 2 is 1.52 bits per heavy atom. The van der Waals surface area contributed by atoms with E-state index in [-0.39, 0.29) is 6.61 Å². The van der Waals surface area contributed by atoms with Crippen LogP contribution in [-0.2, 0) is 13.0 Å². The van der Waals surface area contributed by atoms with E-state index in [0.717, 1.165) is 38.9 Å². The maximum Gasteiger partial charge on any atom is 0.162 e. The van der Waals surface area contributed by atoms with Crippen LogP contribution < -0.4 is 14.2 Å². The molecule has 0 amide bonds. The van der Waals surface area contributed by atoms with Crippen molar-refractivity contribution in [3.63, 3.8) is 0 Å². The zero-order valence-electron chi connectivity index (χ0n) is 17.8. The molecule has 1 N–H and O–H groups in total. The van der Waals surface area contributed by atoms with Gasteiger partial charge in [-0.3, -0.25) is 0 Å². The molecule has 0 aliphatic carbocycles. The van der Waals surface area contributed by atoms with Crippen LogP contribution in [0.25, 0.3) is 22.0 Å². The summed E-state index contributed by atoms with van der Waals surface area (Å²) < 4.78 is 16.3. The van der Waals surface area contributed by atoms with Crippen molar-refractivity contribution < 1.29 is 19.3 Å². The molecule has 0 fully saturated rings. The van der Waals surface area contributed by atoms with Crippen molar-refractivity contribution in [1.29, 1.82) is 0 Å². The van der Waals surface area contributed by atoms with E-state index in [0.29, 0.717) is 23.7 Å². The van der Waals surface area contributed by atoms with Gasteiger partial charge in [0.25, 0.3) is 0 Å². The van der Waals surface area contributed by atoms with Gasteiger partial charge in [-0.2, -0.15) is 0 Å². The van der Waals surface area contributed by atoms with Crippen LogP contribution in [0.2, 0.25) is 0 Å². The number of hydrogen-bond acceptors (Lipinski definition) is 6. The topological polar surface area (TPSA) is 73.7 Å². The lowest BCUT2D eigenvalue weighted by molar-refractivity contribution is 0.274. The Hall–Kier alpha value is -3.64. The quantitative estimate of drug-likeness (QED) is 0.481. The maximum absolute atomic E-state index is 9.47. The molecule has 0 bridgehead atoms. The highest BCUT2D eigenvalue weighted by atomic mass is 16.5. The predicted octanol–water partition coefficient (Wildman–Crippen LogP) is 4.41. The molecule has 4 rings (SSSR count). The molecule has 0 saturated heterocycles. The molecule has 0 atom stereocenters. The van der Waals surface area contributed by atoms with E-state index in [9.17, 15) is 5.11 Å². The summed E-state index contributed by atoms with van der Waals surface area (Å²) in [7, 11) is 4.84. The Morgan fingerprint density at radius 3 is 2.26 bits per heavy atom. The highest BCUT2D eigenvalue weighted by Crippen LogP contribution is 2.33. The van der Waals surface area contributed by atoms with E-state index in [2.05, 4.69) is 28.2 Å². The van der Waals surface area contributed by atoms with Gasteiger partial charge in [-0.1, -0.05) is 36.4 Å². The Balaban J connectivity index is 1.71. The third-order valence-electron chi connectivity index (χ3n) is 5.31. The molecule has 1 heterocycles. The smallest absolute Gasteiger partial charge is 0.162 e. The average Bonchev–Trinajstić information content (AvgIpc) is 2.83. The summed E-state index contributed by atoms with van der Waals surface area (Å²) in [6.07, 6.45) is 2.22. The summed E-state index contributed by atoms with van der Waals surface area (Å²) in [5, 5.41) is 10.4. The standard InChI is InChI=1S/C25H24N2O4/c1-29-23-11-18(7-8-19(23)14-28)17-6-4-5-16(9-17)10-21-20-12-24(30-2)25(31-3)13-22(20)27-15-26-21/h4-9,11-13,15,28H,10,14H2,1-3H3. The third kappa shape index (κ3) is 4.15. The van der Waals surface area contributed by atoms with E-state index in [4.69, 9.17) is 14.2 Å². The van der Waals surface area contributed by atoms with Gasteiger partial charge in [-0.15, -0.1) is 0 Å². The molecular formula is C25H24N2O4. The van der Waals surface area contributed by atoms with Crippen LogP contribution in [0.3, 0.4) is 0 Å². The van der Waals surface area contributed by atoms with E-state index >= 15 is 0 Å². The second-order valence-electron chi connectivity index (χ2n) is 7.11. The minimum Gasteiger partial charge on any atom is -0.496 e. The first-order chi connectivity index (χ1) is 15.2. The van der Waals surface area contributed by atoms with Crippen molar-refractivity contribution in [2.75, 3.05) is 21.3 Å². The van der Waals surface area contributed by atoms with Gasteiger partial charge >= 0.3 is 0 Å². The fourth-order valence-corrected chi connectivity index (χ4v) is 3.69. The zero-order chi connectivity index (χ0) is 21.8. The molecular weight excluding hydrogens is 392 g/mol. The molecule has 0 aliphatic heterocycles. The molecule has 31 heavy (non-hydrogen) atoms.